The Hall–Kier alpha value is -4.46. The molecule has 4 heterocycles. The number of hydrogen-bond donors (Lipinski definition) is 0. The fourth-order valence-corrected chi connectivity index (χ4v) is 4.82. The van der Waals surface area contributed by atoms with Crippen molar-refractivity contribution >= 4 is 17.2 Å². The topological polar surface area (TPSA) is 105 Å². The number of amides is 1. The van der Waals surface area contributed by atoms with Gasteiger partial charge in [-0.05, 0) is 30.7 Å². The summed E-state index contributed by atoms with van der Waals surface area (Å²) >= 11 is 0. The van der Waals surface area contributed by atoms with Gasteiger partial charge in [0, 0.05) is 57.7 Å². The molecular weight excluding hydrogens is 508 g/mol. The Morgan fingerprint density at radius 1 is 1.05 bits per heavy atom. The SMILES string of the molecule is CO[C@H](C)COc1cc(-c2ccc(N3CCN(C(=O)[C@H](OC)c4ccccc4)CC3)nc2)c2c(C#N)cnn2c1. The van der Waals surface area contributed by atoms with E-state index in [1.807, 2.05) is 60.4 Å². The summed E-state index contributed by atoms with van der Waals surface area (Å²) in [6, 6.07) is 17.6. The maximum Gasteiger partial charge on any atom is 0.256 e. The summed E-state index contributed by atoms with van der Waals surface area (Å²) in [5.74, 6) is 1.42. The van der Waals surface area contributed by atoms with Gasteiger partial charge in [0.25, 0.3) is 5.91 Å². The number of rotatable bonds is 9. The van der Waals surface area contributed by atoms with Crippen LogP contribution >= 0.6 is 0 Å². The molecular formula is C30H32N6O4. The highest BCUT2D eigenvalue weighted by Gasteiger charge is 2.29. The van der Waals surface area contributed by atoms with E-state index in [0.717, 1.165) is 22.5 Å². The maximum absolute atomic E-state index is 13.2. The molecule has 1 saturated heterocycles. The van der Waals surface area contributed by atoms with Gasteiger partial charge in [0.2, 0.25) is 0 Å². The van der Waals surface area contributed by atoms with E-state index in [-0.39, 0.29) is 12.0 Å². The van der Waals surface area contributed by atoms with Crippen LogP contribution in [-0.4, -0.2) is 78.5 Å². The number of carbonyl (C=O) groups excluding carboxylic acids is 1. The molecule has 2 atom stereocenters. The fourth-order valence-electron chi connectivity index (χ4n) is 4.82. The van der Waals surface area contributed by atoms with E-state index in [2.05, 4.69) is 16.1 Å². The Labute approximate surface area is 233 Å². The fraction of sp³-hybridized carbons (Fsp3) is 0.333. The van der Waals surface area contributed by atoms with Crippen LogP contribution in [-0.2, 0) is 14.3 Å². The highest BCUT2D eigenvalue weighted by atomic mass is 16.5. The van der Waals surface area contributed by atoms with Crippen LogP contribution in [0.15, 0.2) is 67.1 Å². The lowest BCUT2D eigenvalue weighted by atomic mass is 10.1. The molecule has 0 radical (unpaired) electrons. The van der Waals surface area contributed by atoms with Crippen molar-refractivity contribution in [3.63, 3.8) is 0 Å². The minimum Gasteiger partial charge on any atom is -0.489 e. The van der Waals surface area contributed by atoms with Crippen molar-refractivity contribution < 1.29 is 19.0 Å². The molecule has 5 rings (SSSR count). The molecule has 3 aromatic heterocycles. The first kappa shape index (κ1) is 27.1. The van der Waals surface area contributed by atoms with Crippen LogP contribution in [0.5, 0.6) is 5.75 Å². The van der Waals surface area contributed by atoms with E-state index in [0.29, 0.717) is 49.6 Å². The lowest BCUT2D eigenvalue weighted by Crippen LogP contribution is -2.50. The van der Waals surface area contributed by atoms with Gasteiger partial charge in [-0.25, -0.2) is 9.50 Å². The van der Waals surface area contributed by atoms with E-state index < -0.39 is 6.10 Å². The molecule has 1 aliphatic rings. The zero-order chi connectivity index (χ0) is 28.1. The van der Waals surface area contributed by atoms with Gasteiger partial charge in [-0.15, -0.1) is 0 Å². The van der Waals surface area contributed by atoms with Crippen molar-refractivity contribution in [3.05, 3.63) is 78.2 Å². The first-order valence-electron chi connectivity index (χ1n) is 13.2. The summed E-state index contributed by atoms with van der Waals surface area (Å²) < 4.78 is 18.4. The van der Waals surface area contributed by atoms with Crippen molar-refractivity contribution in [2.75, 3.05) is 51.9 Å². The van der Waals surface area contributed by atoms with Crippen molar-refractivity contribution in [3.8, 4) is 22.9 Å². The number of nitriles is 1. The van der Waals surface area contributed by atoms with Gasteiger partial charge in [0.1, 0.15) is 24.2 Å². The minimum atomic E-state index is -0.610. The first-order chi connectivity index (χ1) is 19.5. The van der Waals surface area contributed by atoms with Crippen LogP contribution in [0.3, 0.4) is 0 Å². The number of piperazine rings is 1. The van der Waals surface area contributed by atoms with Gasteiger partial charge in [-0.1, -0.05) is 30.3 Å². The molecule has 1 aliphatic heterocycles. The number of aromatic nitrogens is 3. The molecule has 1 aromatic carbocycles. The van der Waals surface area contributed by atoms with Crippen LogP contribution in [0.2, 0.25) is 0 Å². The number of fused-ring (bicyclic) bond motifs is 1. The average Bonchev–Trinajstić information content (AvgIpc) is 3.43. The van der Waals surface area contributed by atoms with Gasteiger partial charge in [0.05, 0.1) is 29.6 Å². The molecule has 0 unspecified atom stereocenters. The normalized spacial score (nSPS) is 15.1. The second kappa shape index (κ2) is 12.2. The van der Waals surface area contributed by atoms with Crippen LogP contribution < -0.4 is 9.64 Å². The summed E-state index contributed by atoms with van der Waals surface area (Å²) in [5.41, 5.74) is 3.67. The second-order valence-electron chi connectivity index (χ2n) is 9.65. The molecule has 10 heteroatoms. The molecule has 0 saturated carbocycles. The van der Waals surface area contributed by atoms with Crippen molar-refractivity contribution in [1.82, 2.24) is 19.5 Å². The quantitative estimate of drug-likeness (QED) is 0.316. The largest absolute Gasteiger partial charge is 0.489 e. The molecule has 10 nitrogen and oxygen atoms in total. The molecule has 0 bridgehead atoms. The van der Waals surface area contributed by atoms with Gasteiger partial charge in [-0.3, -0.25) is 4.79 Å². The summed E-state index contributed by atoms with van der Waals surface area (Å²) in [6.07, 6.45) is 4.43. The van der Waals surface area contributed by atoms with Crippen molar-refractivity contribution in [2.45, 2.75) is 19.1 Å². The van der Waals surface area contributed by atoms with Gasteiger partial charge < -0.3 is 24.0 Å². The predicted molar refractivity (Wildman–Crippen MR) is 150 cm³/mol. The molecule has 0 spiro atoms. The second-order valence-corrected chi connectivity index (χ2v) is 9.65. The standard InChI is InChI=1S/C30H32N6O4/c1-21(38-2)20-40-25-15-26(28-24(16-31)18-33-36(28)19-25)23-9-10-27(32-17-23)34-11-13-35(14-12-34)30(37)29(39-3)22-7-5-4-6-8-22/h4-10,15,17-19,21,29H,11-14,20H2,1-3H3/t21-,29-/m1/s1. The Morgan fingerprint density at radius 3 is 2.48 bits per heavy atom. The number of carbonyl (C=O) groups is 1. The third-order valence-electron chi connectivity index (χ3n) is 7.13. The summed E-state index contributed by atoms with van der Waals surface area (Å²) in [7, 11) is 3.21. The van der Waals surface area contributed by atoms with Gasteiger partial charge in [-0.2, -0.15) is 10.4 Å². The average molecular weight is 541 g/mol. The van der Waals surface area contributed by atoms with E-state index >= 15 is 0 Å². The maximum atomic E-state index is 13.2. The monoisotopic (exact) mass is 540 g/mol. The smallest absolute Gasteiger partial charge is 0.256 e. The van der Waals surface area contributed by atoms with E-state index in [4.69, 9.17) is 19.2 Å². The lowest BCUT2D eigenvalue weighted by Gasteiger charge is -2.36. The Morgan fingerprint density at radius 2 is 1.82 bits per heavy atom. The Kier molecular flexibility index (Phi) is 8.24. The third-order valence-corrected chi connectivity index (χ3v) is 7.13. The van der Waals surface area contributed by atoms with Gasteiger partial charge >= 0.3 is 0 Å². The van der Waals surface area contributed by atoms with Gasteiger partial charge in [0.15, 0.2) is 6.10 Å². The van der Waals surface area contributed by atoms with Crippen molar-refractivity contribution in [2.24, 2.45) is 0 Å². The summed E-state index contributed by atoms with van der Waals surface area (Å²) in [4.78, 5) is 21.9. The van der Waals surface area contributed by atoms with Crippen molar-refractivity contribution in [1.29, 1.82) is 5.26 Å². The molecule has 0 N–H and O–H groups in total. The van der Waals surface area contributed by atoms with E-state index in [9.17, 15) is 10.1 Å². The van der Waals surface area contributed by atoms with Crippen LogP contribution in [0.4, 0.5) is 5.82 Å². The highest BCUT2D eigenvalue weighted by Crippen LogP contribution is 2.31. The molecule has 4 aromatic rings. The lowest BCUT2D eigenvalue weighted by molar-refractivity contribution is -0.142. The molecule has 206 valence electrons. The first-order valence-corrected chi connectivity index (χ1v) is 13.2. The number of pyridine rings is 2. The number of ether oxygens (including phenoxy) is 3. The number of anilines is 1. The van der Waals surface area contributed by atoms with Crippen LogP contribution in [0.25, 0.3) is 16.6 Å². The molecule has 0 aliphatic carbocycles. The molecule has 1 amide bonds. The molecule has 40 heavy (non-hydrogen) atoms. The van der Waals surface area contributed by atoms with Crippen LogP contribution in [0, 0.1) is 11.3 Å². The zero-order valence-electron chi connectivity index (χ0n) is 22.9. The van der Waals surface area contributed by atoms with Crippen LogP contribution in [0.1, 0.15) is 24.2 Å². The number of methoxy groups -OCH3 is 2. The third kappa shape index (κ3) is 5.61. The minimum absolute atomic E-state index is 0.0308. The van der Waals surface area contributed by atoms with E-state index in [1.54, 1.807) is 37.3 Å². The zero-order valence-corrected chi connectivity index (χ0v) is 22.9. The number of nitrogens with zero attached hydrogens (tertiary/aromatic N) is 6. The predicted octanol–water partition coefficient (Wildman–Crippen LogP) is 3.72. The Balaban J connectivity index is 1.31. The molecule has 1 fully saturated rings. The number of benzene rings is 1. The Bertz CT molecular complexity index is 1490. The number of hydrogen-bond acceptors (Lipinski definition) is 8. The highest BCUT2D eigenvalue weighted by molar-refractivity contribution is 5.85. The summed E-state index contributed by atoms with van der Waals surface area (Å²) in [5, 5.41) is 14.0. The summed E-state index contributed by atoms with van der Waals surface area (Å²) in [6.45, 7) is 4.80. The van der Waals surface area contributed by atoms with E-state index in [1.165, 1.54) is 0 Å².